The fourth-order valence-corrected chi connectivity index (χ4v) is 4.02. The third kappa shape index (κ3) is 6.51. The fourth-order valence-electron chi connectivity index (χ4n) is 3.85. The Labute approximate surface area is 224 Å². The molecule has 0 radical (unpaired) electrons. The molecule has 9 nitrogen and oxygen atoms in total. The topological polar surface area (TPSA) is 123 Å². The first kappa shape index (κ1) is 27.1. The van der Waals surface area contributed by atoms with Crippen LogP contribution in [-0.2, 0) is 11.2 Å². The molecule has 0 aliphatic rings. The molecule has 0 saturated carbocycles. The molecule has 0 aliphatic heterocycles. The number of nitro benzene ring substituents is 1. The lowest BCUT2D eigenvalue weighted by Gasteiger charge is -2.20. The van der Waals surface area contributed by atoms with Gasteiger partial charge in [0.25, 0.3) is 23.1 Å². The molecule has 12 heteroatoms. The Morgan fingerprint density at radius 2 is 1.56 bits per heavy atom. The molecule has 4 rings (SSSR count). The Morgan fingerprint density at radius 3 is 2.18 bits per heavy atom. The van der Waals surface area contributed by atoms with Gasteiger partial charge in [0.05, 0.1) is 10.5 Å². The summed E-state index contributed by atoms with van der Waals surface area (Å²) in [7, 11) is 0. The van der Waals surface area contributed by atoms with Crippen LogP contribution in [0.25, 0.3) is 11.1 Å². The van der Waals surface area contributed by atoms with Crippen LogP contribution >= 0.6 is 11.6 Å². The molecule has 2 N–H and O–H groups in total. The maximum Gasteiger partial charge on any atom is 0.277 e. The summed E-state index contributed by atoms with van der Waals surface area (Å²) in [5.74, 6) is -2.53. The number of nitro groups is 1. The molecule has 2 amide bonds. The Balaban J connectivity index is 1.65. The van der Waals surface area contributed by atoms with Gasteiger partial charge in [-0.1, -0.05) is 23.7 Å². The van der Waals surface area contributed by atoms with Crippen molar-refractivity contribution in [3.05, 3.63) is 133 Å². The number of rotatable bonds is 7. The number of benzene rings is 3. The van der Waals surface area contributed by atoms with Crippen molar-refractivity contribution in [2.24, 2.45) is 0 Å². The van der Waals surface area contributed by atoms with Gasteiger partial charge in [0.1, 0.15) is 17.7 Å². The fraction of sp³-hybridized carbons (Fsp3) is 0.0741. The molecule has 1 unspecified atom stereocenters. The van der Waals surface area contributed by atoms with Crippen LogP contribution in [0.1, 0.15) is 22.0 Å². The van der Waals surface area contributed by atoms with E-state index in [-0.39, 0.29) is 33.8 Å². The van der Waals surface area contributed by atoms with Crippen LogP contribution in [0.4, 0.5) is 14.5 Å². The van der Waals surface area contributed by atoms with E-state index in [9.17, 15) is 33.3 Å². The Hall–Kier alpha value is -4.90. The summed E-state index contributed by atoms with van der Waals surface area (Å²) in [6.45, 7) is 0. The highest BCUT2D eigenvalue weighted by molar-refractivity contribution is 6.31. The number of hydrogen-bond acceptors (Lipinski definition) is 5. The standard InChI is InChI=1S/C27H19ClF2N4O5/c28-19-5-10-23(34(38)39)22(15-19)18-11-12-33(25(35)14-18)24(13-16-1-6-20(29)7-2-16)27(37)32-31-26(36)17-3-8-21(30)9-4-17/h1-12,14-15,24H,13H2,(H,31,36)(H,32,37). The van der Waals surface area contributed by atoms with Gasteiger partial charge < -0.3 is 4.57 Å². The van der Waals surface area contributed by atoms with Gasteiger partial charge >= 0.3 is 0 Å². The third-order valence-corrected chi connectivity index (χ3v) is 6.04. The van der Waals surface area contributed by atoms with Gasteiger partial charge in [-0.25, -0.2) is 8.78 Å². The van der Waals surface area contributed by atoms with Gasteiger partial charge in [0.2, 0.25) is 0 Å². The number of aromatic nitrogens is 1. The Bertz CT molecular complexity index is 1610. The van der Waals surface area contributed by atoms with E-state index in [0.29, 0.717) is 5.56 Å². The summed E-state index contributed by atoms with van der Waals surface area (Å²) < 4.78 is 27.7. The minimum absolute atomic E-state index is 0.0604. The van der Waals surface area contributed by atoms with Crippen molar-refractivity contribution in [1.82, 2.24) is 15.4 Å². The number of hydrazine groups is 1. The molecule has 1 aromatic heterocycles. The highest BCUT2D eigenvalue weighted by Gasteiger charge is 2.24. The molecule has 1 heterocycles. The second-order valence-electron chi connectivity index (χ2n) is 8.38. The number of halogens is 3. The number of carbonyl (C=O) groups excluding carboxylic acids is 2. The predicted octanol–water partition coefficient (Wildman–Crippen LogP) is 4.60. The molecule has 198 valence electrons. The number of nitrogens with zero attached hydrogens (tertiary/aromatic N) is 2. The Morgan fingerprint density at radius 1 is 0.923 bits per heavy atom. The molecule has 1 atom stereocenters. The average Bonchev–Trinajstić information content (AvgIpc) is 2.91. The van der Waals surface area contributed by atoms with Crippen molar-refractivity contribution >= 4 is 29.1 Å². The Kier molecular flexibility index (Phi) is 8.11. The first-order chi connectivity index (χ1) is 18.6. The van der Waals surface area contributed by atoms with E-state index in [1.807, 2.05) is 0 Å². The molecule has 0 bridgehead atoms. The van der Waals surface area contributed by atoms with Gasteiger partial charge in [-0.15, -0.1) is 0 Å². The SMILES string of the molecule is O=C(NNC(=O)C(Cc1ccc(F)cc1)n1ccc(-c2cc(Cl)ccc2[N+](=O)[O-])cc1=O)c1ccc(F)cc1. The first-order valence-electron chi connectivity index (χ1n) is 11.4. The highest BCUT2D eigenvalue weighted by atomic mass is 35.5. The van der Waals surface area contributed by atoms with Crippen LogP contribution in [0.3, 0.4) is 0 Å². The van der Waals surface area contributed by atoms with Crippen LogP contribution in [0.5, 0.6) is 0 Å². The van der Waals surface area contributed by atoms with Gasteiger partial charge in [-0.3, -0.25) is 35.3 Å². The highest BCUT2D eigenvalue weighted by Crippen LogP contribution is 2.31. The van der Waals surface area contributed by atoms with E-state index in [1.54, 1.807) is 0 Å². The normalized spacial score (nSPS) is 11.5. The molecular weight excluding hydrogens is 534 g/mol. The van der Waals surface area contributed by atoms with Crippen LogP contribution in [0.2, 0.25) is 5.02 Å². The molecule has 3 aromatic carbocycles. The summed E-state index contributed by atoms with van der Waals surface area (Å²) in [5.41, 5.74) is 4.46. The summed E-state index contributed by atoms with van der Waals surface area (Å²) in [5, 5.41) is 11.7. The number of carbonyl (C=O) groups is 2. The van der Waals surface area contributed by atoms with Crippen molar-refractivity contribution in [3.63, 3.8) is 0 Å². The molecule has 0 fully saturated rings. The lowest BCUT2D eigenvalue weighted by molar-refractivity contribution is -0.384. The summed E-state index contributed by atoms with van der Waals surface area (Å²) in [4.78, 5) is 49.6. The van der Waals surface area contributed by atoms with Gasteiger partial charge in [0.15, 0.2) is 0 Å². The van der Waals surface area contributed by atoms with E-state index in [1.165, 1.54) is 66.9 Å². The van der Waals surface area contributed by atoms with Crippen LogP contribution in [0, 0.1) is 21.7 Å². The maximum atomic E-state index is 13.4. The van der Waals surface area contributed by atoms with E-state index in [4.69, 9.17) is 11.6 Å². The smallest absolute Gasteiger partial charge is 0.277 e. The molecule has 0 saturated heterocycles. The van der Waals surface area contributed by atoms with Gasteiger partial charge in [-0.05, 0) is 65.7 Å². The van der Waals surface area contributed by atoms with Crippen molar-refractivity contribution < 1.29 is 23.3 Å². The second kappa shape index (κ2) is 11.7. The number of hydrogen-bond donors (Lipinski definition) is 2. The quantitative estimate of drug-likeness (QED) is 0.256. The molecule has 39 heavy (non-hydrogen) atoms. The maximum absolute atomic E-state index is 13.4. The minimum Gasteiger partial charge on any atom is -0.303 e. The molecule has 0 spiro atoms. The second-order valence-corrected chi connectivity index (χ2v) is 8.81. The van der Waals surface area contributed by atoms with Gasteiger partial charge in [-0.2, -0.15) is 0 Å². The number of pyridine rings is 1. The average molecular weight is 553 g/mol. The third-order valence-electron chi connectivity index (χ3n) is 5.80. The number of nitrogens with one attached hydrogen (secondary N) is 2. The largest absolute Gasteiger partial charge is 0.303 e. The van der Waals surface area contributed by atoms with Crippen LogP contribution in [-0.4, -0.2) is 21.3 Å². The van der Waals surface area contributed by atoms with Crippen molar-refractivity contribution in [2.45, 2.75) is 12.5 Å². The van der Waals surface area contributed by atoms with Crippen molar-refractivity contribution in [1.29, 1.82) is 0 Å². The summed E-state index contributed by atoms with van der Waals surface area (Å²) in [6, 6.07) is 15.2. The van der Waals surface area contributed by atoms with E-state index < -0.39 is 40.0 Å². The first-order valence-corrected chi connectivity index (χ1v) is 11.8. The lowest BCUT2D eigenvalue weighted by Crippen LogP contribution is -2.47. The van der Waals surface area contributed by atoms with E-state index in [2.05, 4.69) is 10.9 Å². The van der Waals surface area contributed by atoms with Crippen molar-refractivity contribution in [2.75, 3.05) is 0 Å². The monoisotopic (exact) mass is 552 g/mol. The predicted molar refractivity (Wildman–Crippen MR) is 139 cm³/mol. The zero-order valence-electron chi connectivity index (χ0n) is 19.9. The summed E-state index contributed by atoms with van der Waals surface area (Å²) in [6.07, 6.45) is 1.23. The lowest BCUT2D eigenvalue weighted by atomic mass is 10.0. The molecule has 0 aliphatic carbocycles. The van der Waals surface area contributed by atoms with E-state index in [0.717, 1.165) is 22.8 Å². The van der Waals surface area contributed by atoms with Crippen molar-refractivity contribution in [3.8, 4) is 11.1 Å². The molecular formula is C27H19ClF2N4O5. The zero-order chi connectivity index (χ0) is 28.1. The van der Waals surface area contributed by atoms with Crippen LogP contribution < -0.4 is 16.4 Å². The molecule has 4 aromatic rings. The van der Waals surface area contributed by atoms with E-state index >= 15 is 0 Å². The van der Waals surface area contributed by atoms with Gasteiger partial charge in [0, 0.05) is 35.3 Å². The summed E-state index contributed by atoms with van der Waals surface area (Å²) >= 11 is 6.01. The zero-order valence-corrected chi connectivity index (χ0v) is 20.7. The number of amides is 2. The van der Waals surface area contributed by atoms with Crippen LogP contribution in [0.15, 0.2) is 89.9 Å². The minimum atomic E-state index is -1.21.